The molecule has 0 bridgehead atoms. The Kier molecular flexibility index (Phi) is 2.68. The second-order valence-corrected chi connectivity index (χ2v) is 5.91. The first-order valence-corrected chi connectivity index (χ1v) is 7.64. The lowest BCUT2D eigenvalue weighted by molar-refractivity contribution is -0.119. The Hall–Kier alpha value is -2.40. The van der Waals surface area contributed by atoms with E-state index >= 15 is 0 Å². The van der Waals surface area contributed by atoms with Crippen molar-refractivity contribution in [2.75, 3.05) is 5.32 Å². The molecule has 2 aromatic rings. The van der Waals surface area contributed by atoms with Crippen LogP contribution in [0.2, 0.25) is 0 Å². The fourth-order valence-electron chi connectivity index (χ4n) is 2.81. The zero-order valence-corrected chi connectivity index (χ0v) is 11.9. The Morgan fingerprint density at radius 1 is 1.19 bits per heavy atom. The average Bonchev–Trinajstić information content (AvgIpc) is 3.14. The number of carbonyl (C=O) groups is 2. The van der Waals surface area contributed by atoms with Gasteiger partial charge in [0, 0.05) is 12.6 Å². The molecule has 0 aliphatic carbocycles. The SMILES string of the molecule is O=C1Nc2ccccc2C(=O)N2C=C(c3ccsc3)CC12. The molecule has 1 aromatic carbocycles. The van der Waals surface area contributed by atoms with Crippen LogP contribution in [-0.4, -0.2) is 22.8 Å². The van der Waals surface area contributed by atoms with Gasteiger partial charge in [-0.1, -0.05) is 12.1 Å². The third-order valence-corrected chi connectivity index (χ3v) is 4.57. The van der Waals surface area contributed by atoms with E-state index in [-0.39, 0.29) is 11.8 Å². The highest BCUT2D eigenvalue weighted by atomic mass is 32.1. The number of nitrogens with zero attached hydrogens (tertiary/aromatic N) is 1. The first-order valence-electron chi connectivity index (χ1n) is 6.70. The van der Waals surface area contributed by atoms with Gasteiger partial charge < -0.3 is 10.2 Å². The van der Waals surface area contributed by atoms with Crippen molar-refractivity contribution in [3.8, 4) is 0 Å². The third-order valence-electron chi connectivity index (χ3n) is 3.89. The maximum Gasteiger partial charge on any atom is 0.260 e. The van der Waals surface area contributed by atoms with Gasteiger partial charge in [0.25, 0.3) is 5.91 Å². The number of rotatable bonds is 1. The van der Waals surface area contributed by atoms with Crippen molar-refractivity contribution in [1.29, 1.82) is 0 Å². The predicted molar refractivity (Wildman–Crippen MR) is 81.9 cm³/mol. The van der Waals surface area contributed by atoms with Crippen molar-refractivity contribution in [2.24, 2.45) is 0 Å². The van der Waals surface area contributed by atoms with Crippen LogP contribution in [0.25, 0.3) is 5.57 Å². The summed E-state index contributed by atoms with van der Waals surface area (Å²) >= 11 is 1.61. The lowest BCUT2D eigenvalue weighted by Crippen LogP contribution is -2.38. The van der Waals surface area contributed by atoms with Crippen LogP contribution < -0.4 is 5.32 Å². The molecule has 1 unspecified atom stereocenters. The second kappa shape index (κ2) is 4.56. The summed E-state index contributed by atoms with van der Waals surface area (Å²) in [4.78, 5) is 26.6. The molecule has 1 atom stereocenters. The van der Waals surface area contributed by atoms with E-state index in [2.05, 4.69) is 5.32 Å². The van der Waals surface area contributed by atoms with Crippen LogP contribution in [-0.2, 0) is 4.79 Å². The van der Waals surface area contributed by atoms with Gasteiger partial charge in [-0.25, -0.2) is 0 Å². The van der Waals surface area contributed by atoms with Gasteiger partial charge in [-0.3, -0.25) is 9.59 Å². The Morgan fingerprint density at radius 3 is 2.86 bits per heavy atom. The number of hydrogen-bond acceptors (Lipinski definition) is 3. The minimum atomic E-state index is -0.459. The topological polar surface area (TPSA) is 49.4 Å². The zero-order chi connectivity index (χ0) is 14.4. The van der Waals surface area contributed by atoms with E-state index in [0.717, 1.165) is 11.1 Å². The number of benzene rings is 1. The minimum Gasteiger partial charge on any atom is -0.324 e. The van der Waals surface area contributed by atoms with Gasteiger partial charge in [0.05, 0.1) is 11.3 Å². The quantitative estimate of drug-likeness (QED) is 0.879. The molecule has 21 heavy (non-hydrogen) atoms. The third kappa shape index (κ3) is 1.89. The van der Waals surface area contributed by atoms with Crippen LogP contribution >= 0.6 is 11.3 Å². The van der Waals surface area contributed by atoms with E-state index in [1.54, 1.807) is 28.4 Å². The average molecular weight is 296 g/mol. The van der Waals surface area contributed by atoms with Crippen molar-refractivity contribution in [3.05, 3.63) is 58.4 Å². The Bertz CT molecular complexity index is 764. The molecular formula is C16H12N2O2S. The highest BCUT2D eigenvalue weighted by Gasteiger charge is 2.38. The van der Waals surface area contributed by atoms with Crippen molar-refractivity contribution in [3.63, 3.8) is 0 Å². The van der Waals surface area contributed by atoms with Crippen molar-refractivity contribution >= 4 is 34.4 Å². The molecule has 0 radical (unpaired) electrons. The molecule has 3 heterocycles. The number of carbonyl (C=O) groups excluding carboxylic acids is 2. The summed E-state index contributed by atoms with van der Waals surface area (Å²) in [6, 6.07) is 8.69. The minimum absolute atomic E-state index is 0.126. The first kappa shape index (κ1) is 12.3. The van der Waals surface area contributed by atoms with E-state index in [9.17, 15) is 9.59 Å². The summed E-state index contributed by atoms with van der Waals surface area (Å²) in [5.74, 6) is -0.256. The molecule has 1 aromatic heterocycles. The predicted octanol–water partition coefficient (Wildman–Crippen LogP) is 2.96. The van der Waals surface area contributed by atoms with Crippen LogP contribution in [0, 0.1) is 0 Å². The van der Waals surface area contributed by atoms with Gasteiger partial charge in [0.15, 0.2) is 0 Å². The Labute approximate surface area is 125 Å². The molecule has 1 N–H and O–H groups in total. The number of nitrogens with one attached hydrogen (secondary N) is 1. The number of hydrogen-bond donors (Lipinski definition) is 1. The Balaban J connectivity index is 1.79. The van der Waals surface area contributed by atoms with Crippen LogP contribution in [0.15, 0.2) is 47.3 Å². The molecule has 2 aliphatic heterocycles. The summed E-state index contributed by atoms with van der Waals surface area (Å²) < 4.78 is 0. The molecule has 104 valence electrons. The Morgan fingerprint density at radius 2 is 2.05 bits per heavy atom. The highest BCUT2D eigenvalue weighted by Crippen LogP contribution is 2.35. The fraction of sp³-hybridized carbons (Fsp3) is 0.125. The first-order chi connectivity index (χ1) is 10.2. The van der Waals surface area contributed by atoms with E-state index in [1.165, 1.54) is 0 Å². The molecule has 4 rings (SSSR count). The van der Waals surface area contributed by atoms with E-state index in [0.29, 0.717) is 17.7 Å². The van der Waals surface area contributed by atoms with Crippen molar-refractivity contribution < 1.29 is 9.59 Å². The fourth-order valence-corrected chi connectivity index (χ4v) is 3.49. The summed E-state index contributed by atoms with van der Waals surface area (Å²) in [5.41, 5.74) is 3.25. The summed E-state index contributed by atoms with van der Waals surface area (Å²) in [7, 11) is 0. The van der Waals surface area contributed by atoms with Gasteiger partial charge in [-0.05, 0) is 40.1 Å². The van der Waals surface area contributed by atoms with Crippen LogP contribution in [0.1, 0.15) is 22.3 Å². The monoisotopic (exact) mass is 296 g/mol. The highest BCUT2D eigenvalue weighted by molar-refractivity contribution is 7.08. The number of para-hydroxylation sites is 1. The second-order valence-electron chi connectivity index (χ2n) is 5.13. The number of anilines is 1. The number of fused-ring (bicyclic) bond motifs is 2. The molecule has 0 saturated heterocycles. The summed E-state index contributed by atoms with van der Waals surface area (Å²) in [5, 5.41) is 6.89. The summed E-state index contributed by atoms with van der Waals surface area (Å²) in [6.07, 6.45) is 2.37. The molecule has 0 fully saturated rings. The van der Waals surface area contributed by atoms with Gasteiger partial charge in [0.1, 0.15) is 6.04 Å². The normalized spacial score (nSPS) is 20.5. The molecule has 0 spiro atoms. The molecular weight excluding hydrogens is 284 g/mol. The van der Waals surface area contributed by atoms with Crippen LogP contribution in [0.4, 0.5) is 5.69 Å². The summed E-state index contributed by atoms with van der Waals surface area (Å²) in [6.45, 7) is 0. The smallest absolute Gasteiger partial charge is 0.260 e. The van der Waals surface area contributed by atoms with Gasteiger partial charge >= 0.3 is 0 Å². The van der Waals surface area contributed by atoms with Crippen LogP contribution in [0.5, 0.6) is 0 Å². The largest absolute Gasteiger partial charge is 0.324 e. The molecule has 0 saturated carbocycles. The van der Waals surface area contributed by atoms with E-state index in [1.807, 2.05) is 35.2 Å². The van der Waals surface area contributed by atoms with Gasteiger partial charge in [0.2, 0.25) is 5.91 Å². The van der Waals surface area contributed by atoms with Crippen molar-refractivity contribution in [2.45, 2.75) is 12.5 Å². The van der Waals surface area contributed by atoms with Gasteiger partial charge in [-0.2, -0.15) is 11.3 Å². The maximum absolute atomic E-state index is 12.7. The maximum atomic E-state index is 12.7. The van der Waals surface area contributed by atoms with Gasteiger partial charge in [-0.15, -0.1) is 0 Å². The zero-order valence-electron chi connectivity index (χ0n) is 11.1. The van der Waals surface area contributed by atoms with E-state index < -0.39 is 6.04 Å². The van der Waals surface area contributed by atoms with Crippen LogP contribution in [0.3, 0.4) is 0 Å². The van der Waals surface area contributed by atoms with Crippen molar-refractivity contribution in [1.82, 2.24) is 4.90 Å². The molecule has 2 amide bonds. The molecule has 4 nitrogen and oxygen atoms in total. The lowest BCUT2D eigenvalue weighted by atomic mass is 10.1. The standard InChI is InChI=1S/C16H12N2O2S/c19-15-14-7-11(10-5-6-21-9-10)8-18(14)16(20)12-3-1-2-4-13(12)17-15/h1-6,8-9,14H,7H2,(H,17,19). The molecule has 2 aliphatic rings. The number of amides is 2. The van der Waals surface area contributed by atoms with E-state index in [4.69, 9.17) is 0 Å². The molecule has 5 heteroatoms. The lowest BCUT2D eigenvalue weighted by Gasteiger charge is -2.18. The number of thiophene rings is 1.